The lowest BCUT2D eigenvalue weighted by Gasteiger charge is -2.07. The van der Waals surface area contributed by atoms with Crippen molar-refractivity contribution in [2.45, 2.75) is 85.0 Å². The van der Waals surface area contributed by atoms with E-state index in [2.05, 4.69) is 37.6 Å². The predicted octanol–water partition coefficient (Wildman–Crippen LogP) is 9.58. The molecule has 0 saturated carbocycles. The van der Waals surface area contributed by atoms with Crippen LogP contribution in [0.4, 0.5) is 0 Å². The van der Waals surface area contributed by atoms with Crippen LogP contribution in [-0.4, -0.2) is 19.7 Å². The van der Waals surface area contributed by atoms with Gasteiger partial charge in [0.1, 0.15) is 5.75 Å². The lowest BCUT2D eigenvalue weighted by atomic mass is 10.0. The molecule has 0 amide bonds. The zero-order chi connectivity index (χ0) is 26.5. The van der Waals surface area contributed by atoms with Crippen molar-refractivity contribution in [3.63, 3.8) is 0 Å². The molecule has 3 aromatic rings. The number of carbonyl (C=O) groups is 1. The van der Waals surface area contributed by atoms with E-state index in [0.29, 0.717) is 0 Å². The van der Waals surface area contributed by atoms with Crippen LogP contribution in [0.25, 0.3) is 15.8 Å². The fourth-order valence-electron chi connectivity index (χ4n) is 4.45. The third-order valence-corrected chi connectivity index (χ3v) is 8.94. The summed E-state index contributed by atoms with van der Waals surface area (Å²) < 4.78 is 10.5. The molecule has 2 aromatic heterocycles. The van der Waals surface area contributed by atoms with Gasteiger partial charge in [-0.3, -0.25) is 0 Å². The van der Waals surface area contributed by atoms with Gasteiger partial charge in [0, 0.05) is 25.6 Å². The number of esters is 1. The van der Waals surface area contributed by atoms with Crippen LogP contribution in [-0.2, 0) is 22.4 Å². The predicted molar refractivity (Wildman–Crippen MR) is 160 cm³/mol. The van der Waals surface area contributed by atoms with E-state index in [4.69, 9.17) is 4.74 Å². The zero-order valence-electron chi connectivity index (χ0n) is 22.9. The van der Waals surface area contributed by atoms with Crippen molar-refractivity contribution in [1.29, 1.82) is 0 Å². The summed E-state index contributed by atoms with van der Waals surface area (Å²) in [4.78, 5) is 17.1. The number of rotatable bonds is 16. The second kappa shape index (κ2) is 15.8. The second-order valence-electron chi connectivity index (χ2n) is 9.65. The van der Waals surface area contributed by atoms with Crippen molar-refractivity contribution in [2.75, 3.05) is 13.7 Å². The van der Waals surface area contributed by atoms with Crippen LogP contribution in [0, 0.1) is 13.8 Å². The first-order valence-corrected chi connectivity index (χ1v) is 15.3. The Kier molecular flexibility index (Phi) is 12.5. The van der Waals surface area contributed by atoms with E-state index < -0.39 is 0 Å². The van der Waals surface area contributed by atoms with Gasteiger partial charge in [0.25, 0.3) is 0 Å². The van der Waals surface area contributed by atoms with Gasteiger partial charge in [-0.05, 0) is 93.0 Å². The summed E-state index contributed by atoms with van der Waals surface area (Å²) in [6, 6.07) is 12.7. The van der Waals surface area contributed by atoms with Gasteiger partial charge in [-0.1, -0.05) is 51.2 Å². The van der Waals surface area contributed by atoms with Crippen LogP contribution >= 0.6 is 22.7 Å². The third kappa shape index (κ3) is 9.79. The van der Waals surface area contributed by atoms with E-state index in [9.17, 15) is 4.79 Å². The number of ether oxygens (including phenoxy) is 2. The number of carbonyl (C=O) groups excluding carboxylic acids is 1. The van der Waals surface area contributed by atoms with E-state index in [1.807, 2.05) is 46.9 Å². The van der Waals surface area contributed by atoms with E-state index >= 15 is 0 Å². The highest BCUT2D eigenvalue weighted by atomic mass is 32.1. The van der Waals surface area contributed by atoms with Crippen LogP contribution in [0.2, 0.25) is 0 Å². The maximum absolute atomic E-state index is 11.2. The molecular weight excluding hydrogens is 496 g/mol. The lowest BCUT2D eigenvalue weighted by molar-refractivity contribution is -0.134. The molecule has 0 saturated heterocycles. The highest BCUT2D eigenvalue weighted by Crippen LogP contribution is 2.39. The minimum absolute atomic E-state index is 0.352. The molecule has 0 atom stereocenters. The van der Waals surface area contributed by atoms with Crippen LogP contribution in [0.5, 0.6) is 5.75 Å². The molecule has 2 heterocycles. The molecule has 37 heavy (non-hydrogen) atoms. The summed E-state index contributed by atoms with van der Waals surface area (Å²) in [5.74, 6) is 0.513. The van der Waals surface area contributed by atoms with E-state index in [-0.39, 0.29) is 5.97 Å². The average molecular weight is 539 g/mol. The first-order chi connectivity index (χ1) is 18.0. The molecule has 0 spiro atoms. The molecule has 1 aromatic carbocycles. The minimum atomic E-state index is -0.352. The molecule has 0 unspecified atom stereocenters. The standard InChI is InChI=1S/C32H42O3S2/c1-5-6-7-10-13-27-23-30(37-25(27)3)32-28(22-24(2)36-32)14-11-8-9-12-21-35-29-18-15-26(16-19-29)17-20-31(33)34-4/h15-20,22-23H,5-14,21H2,1-4H3/b20-17+. The topological polar surface area (TPSA) is 35.5 Å². The summed E-state index contributed by atoms with van der Waals surface area (Å²) in [6.45, 7) is 7.54. The van der Waals surface area contributed by atoms with E-state index in [1.165, 1.54) is 89.6 Å². The monoisotopic (exact) mass is 538 g/mol. The normalized spacial score (nSPS) is 11.4. The molecule has 200 valence electrons. The Balaban J connectivity index is 1.39. The number of aryl methyl sites for hydroxylation is 4. The number of benzene rings is 1. The number of hydrogen-bond acceptors (Lipinski definition) is 5. The van der Waals surface area contributed by atoms with Crippen molar-refractivity contribution >= 4 is 34.7 Å². The van der Waals surface area contributed by atoms with Gasteiger partial charge in [-0.25, -0.2) is 4.79 Å². The number of thiophene rings is 2. The number of unbranched alkanes of at least 4 members (excludes halogenated alkanes) is 6. The van der Waals surface area contributed by atoms with Crippen molar-refractivity contribution in [3.05, 3.63) is 68.9 Å². The lowest BCUT2D eigenvalue weighted by Crippen LogP contribution is -1.97. The van der Waals surface area contributed by atoms with Crippen molar-refractivity contribution in [2.24, 2.45) is 0 Å². The zero-order valence-corrected chi connectivity index (χ0v) is 24.6. The Morgan fingerprint density at radius 1 is 0.865 bits per heavy atom. The van der Waals surface area contributed by atoms with Crippen LogP contribution < -0.4 is 4.74 Å². The van der Waals surface area contributed by atoms with Gasteiger partial charge in [0.05, 0.1) is 13.7 Å². The fourth-order valence-corrected chi connectivity index (χ4v) is 6.72. The molecule has 0 N–H and O–H groups in total. The minimum Gasteiger partial charge on any atom is -0.494 e. The highest BCUT2D eigenvalue weighted by molar-refractivity contribution is 7.22. The van der Waals surface area contributed by atoms with E-state index in [0.717, 1.165) is 30.8 Å². The average Bonchev–Trinajstić information content (AvgIpc) is 3.46. The molecule has 0 aliphatic rings. The summed E-state index contributed by atoms with van der Waals surface area (Å²) in [5, 5.41) is 0. The first kappa shape index (κ1) is 29.2. The molecule has 0 bridgehead atoms. The van der Waals surface area contributed by atoms with Gasteiger partial charge in [-0.2, -0.15) is 0 Å². The Morgan fingerprint density at radius 2 is 1.57 bits per heavy atom. The Bertz CT molecular complexity index is 1120. The quantitative estimate of drug-likeness (QED) is 0.103. The molecule has 3 nitrogen and oxygen atoms in total. The first-order valence-electron chi connectivity index (χ1n) is 13.7. The Hall–Kier alpha value is -2.37. The van der Waals surface area contributed by atoms with Gasteiger partial charge >= 0.3 is 5.97 Å². The number of hydrogen-bond donors (Lipinski definition) is 0. The summed E-state index contributed by atoms with van der Waals surface area (Å²) in [7, 11) is 1.38. The second-order valence-corrected chi connectivity index (χ2v) is 12.2. The van der Waals surface area contributed by atoms with Crippen molar-refractivity contribution < 1.29 is 14.3 Å². The van der Waals surface area contributed by atoms with Crippen molar-refractivity contribution in [3.8, 4) is 15.5 Å². The highest BCUT2D eigenvalue weighted by Gasteiger charge is 2.14. The van der Waals surface area contributed by atoms with Crippen LogP contribution in [0.3, 0.4) is 0 Å². The molecule has 0 aliphatic carbocycles. The maximum Gasteiger partial charge on any atom is 0.330 e. The third-order valence-electron chi connectivity index (χ3n) is 6.58. The van der Waals surface area contributed by atoms with Crippen LogP contribution in [0.15, 0.2) is 42.5 Å². The van der Waals surface area contributed by atoms with E-state index in [1.54, 1.807) is 11.6 Å². The summed E-state index contributed by atoms with van der Waals surface area (Å²) >= 11 is 3.94. The molecule has 0 fully saturated rings. The molecule has 0 aliphatic heterocycles. The SMILES string of the molecule is CCCCCCc1cc(-c2sc(C)cc2CCCCCCOc2ccc(/C=C/C(=O)OC)cc2)sc1C. The van der Waals surface area contributed by atoms with Gasteiger partial charge in [0.2, 0.25) is 0 Å². The van der Waals surface area contributed by atoms with Gasteiger partial charge in [-0.15, -0.1) is 22.7 Å². The summed E-state index contributed by atoms with van der Waals surface area (Å²) in [6.07, 6.45) is 15.5. The molecule has 3 rings (SSSR count). The largest absolute Gasteiger partial charge is 0.494 e. The van der Waals surface area contributed by atoms with Crippen molar-refractivity contribution in [1.82, 2.24) is 0 Å². The molecule has 5 heteroatoms. The van der Waals surface area contributed by atoms with Crippen LogP contribution in [0.1, 0.15) is 84.7 Å². The van der Waals surface area contributed by atoms with Gasteiger partial charge in [0.15, 0.2) is 0 Å². The number of methoxy groups -OCH3 is 1. The smallest absolute Gasteiger partial charge is 0.330 e. The fraction of sp³-hybridized carbons (Fsp3) is 0.469. The Labute approximate surface area is 231 Å². The summed E-state index contributed by atoms with van der Waals surface area (Å²) in [5.41, 5.74) is 4.03. The van der Waals surface area contributed by atoms with Gasteiger partial charge < -0.3 is 9.47 Å². The molecular formula is C32H42O3S2. The molecule has 0 radical (unpaired) electrons. The maximum atomic E-state index is 11.2. The Morgan fingerprint density at radius 3 is 2.30 bits per heavy atom.